The van der Waals surface area contributed by atoms with Crippen LogP contribution in [0.2, 0.25) is 0 Å². The largest absolute Gasteiger partial charge is 0.319 e. The summed E-state index contributed by atoms with van der Waals surface area (Å²) < 4.78 is 2.02. The molecule has 0 aromatic carbocycles. The summed E-state index contributed by atoms with van der Waals surface area (Å²) in [4.78, 5) is 2.37. The molecule has 0 aliphatic carbocycles. The fourth-order valence-corrected chi connectivity index (χ4v) is 2.00. The quantitative estimate of drug-likeness (QED) is 0.646. The fourth-order valence-electron chi connectivity index (χ4n) is 2.00. The van der Waals surface area contributed by atoms with E-state index in [1.165, 1.54) is 25.8 Å². The second-order valence-electron chi connectivity index (χ2n) is 3.79. The molecular formula is C9H16N4. The van der Waals surface area contributed by atoms with Crippen molar-refractivity contribution < 1.29 is 0 Å². The zero-order chi connectivity index (χ0) is 9.26. The minimum atomic E-state index is 0.473. The normalized spacial score (nSPS) is 24.9. The smallest absolute Gasteiger partial charge is 0.149 e. The first kappa shape index (κ1) is 8.69. The summed E-state index contributed by atoms with van der Waals surface area (Å²) in [6, 6.07) is 0.473. The van der Waals surface area contributed by atoms with Crippen LogP contribution >= 0.6 is 0 Å². The van der Waals surface area contributed by atoms with Crippen molar-refractivity contribution >= 4 is 0 Å². The number of hydrogen-bond donors (Lipinski definition) is 0. The van der Waals surface area contributed by atoms with Crippen molar-refractivity contribution in [2.45, 2.75) is 25.3 Å². The molecule has 0 spiro atoms. The zero-order valence-corrected chi connectivity index (χ0v) is 8.27. The van der Waals surface area contributed by atoms with Crippen molar-refractivity contribution in [2.75, 3.05) is 13.6 Å². The lowest BCUT2D eigenvalue weighted by Crippen LogP contribution is -2.31. The molecule has 4 nitrogen and oxygen atoms in total. The Morgan fingerprint density at radius 2 is 2.23 bits per heavy atom. The summed E-state index contributed by atoms with van der Waals surface area (Å²) in [5.74, 6) is 1.10. The number of rotatable bonds is 1. The highest BCUT2D eigenvalue weighted by molar-refractivity contribution is 4.96. The number of aromatic nitrogens is 3. The van der Waals surface area contributed by atoms with Gasteiger partial charge in [0, 0.05) is 7.05 Å². The topological polar surface area (TPSA) is 34.0 Å². The molecule has 0 radical (unpaired) electrons. The molecule has 2 rings (SSSR count). The van der Waals surface area contributed by atoms with E-state index < -0.39 is 0 Å². The fraction of sp³-hybridized carbons (Fsp3) is 0.778. The third-order valence-electron chi connectivity index (χ3n) is 2.81. The summed E-state index contributed by atoms with van der Waals surface area (Å²) in [6.45, 7) is 1.18. The molecule has 0 amide bonds. The molecule has 2 heterocycles. The monoisotopic (exact) mass is 180 g/mol. The average Bonchev–Trinajstić information content (AvgIpc) is 2.52. The van der Waals surface area contributed by atoms with Gasteiger partial charge >= 0.3 is 0 Å². The van der Waals surface area contributed by atoms with Crippen LogP contribution in [0.3, 0.4) is 0 Å². The van der Waals surface area contributed by atoms with E-state index in [0.717, 1.165) is 5.82 Å². The van der Waals surface area contributed by atoms with Crippen LogP contribution in [0.5, 0.6) is 0 Å². The van der Waals surface area contributed by atoms with Gasteiger partial charge in [-0.15, -0.1) is 10.2 Å². The maximum Gasteiger partial charge on any atom is 0.149 e. The number of nitrogens with zero attached hydrogens (tertiary/aromatic N) is 4. The number of piperidine rings is 1. The summed E-state index contributed by atoms with van der Waals surface area (Å²) in [5, 5.41) is 8.08. The molecule has 13 heavy (non-hydrogen) atoms. The molecule has 1 aliphatic heterocycles. The zero-order valence-electron chi connectivity index (χ0n) is 8.27. The van der Waals surface area contributed by atoms with Crippen LogP contribution in [0.25, 0.3) is 0 Å². The van der Waals surface area contributed by atoms with Crippen LogP contribution in [0.1, 0.15) is 31.1 Å². The van der Waals surface area contributed by atoms with Crippen LogP contribution in [-0.4, -0.2) is 33.3 Å². The molecule has 4 heteroatoms. The Balaban J connectivity index is 2.19. The molecule has 1 saturated heterocycles. The van der Waals surface area contributed by atoms with Crippen LogP contribution in [0, 0.1) is 0 Å². The first-order valence-corrected chi connectivity index (χ1v) is 4.83. The number of likely N-dealkylation sites (tertiary alicyclic amines) is 1. The molecule has 0 bridgehead atoms. The van der Waals surface area contributed by atoms with Gasteiger partial charge in [-0.25, -0.2) is 0 Å². The van der Waals surface area contributed by atoms with Crippen molar-refractivity contribution in [2.24, 2.45) is 7.05 Å². The highest BCUT2D eigenvalue weighted by Gasteiger charge is 2.23. The van der Waals surface area contributed by atoms with Crippen LogP contribution < -0.4 is 0 Å². The molecule has 1 aromatic heterocycles. The highest BCUT2D eigenvalue weighted by atomic mass is 15.3. The molecule has 0 saturated carbocycles. The molecule has 72 valence electrons. The van der Waals surface area contributed by atoms with Crippen molar-refractivity contribution in [1.29, 1.82) is 0 Å². The Morgan fingerprint density at radius 3 is 2.85 bits per heavy atom. The third kappa shape index (κ3) is 1.58. The first-order chi connectivity index (χ1) is 6.29. The van der Waals surface area contributed by atoms with Gasteiger partial charge in [0.05, 0.1) is 6.04 Å². The van der Waals surface area contributed by atoms with Gasteiger partial charge in [-0.3, -0.25) is 4.90 Å². The summed E-state index contributed by atoms with van der Waals surface area (Å²) in [5.41, 5.74) is 0. The maximum atomic E-state index is 4.16. The molecule has 1 aliphatic rings. The Labute approximate surface area is 78.6 Å². The summed E-state index contributed by atoms with van der Waals surface area (Å²) >= 11 is 0. The van der Waals surface area contributed by atoms with Gasteiger partial charge < -0.3 is 4.57 Å². The standard InChI is InChI=1S/C9H16N4/c1-12-6-4-3-5-8(12)9-11-10-7-13(9)2/h7-8H,3-6H2,1-2H3. The first-order valence-electron chi connectivity index (χ1n) is 4.83. The van der Waals surface area contributed by atoms with Gasteiger partial charge in [0.2, 0.25) is 0 Å². The van der Waals surface area contributed by atoms with E-state index in [0.29, 0.717) is 6.04 Å². The van der Waals surface area contributed by atoms with E-state index in [1.807, 2.05) is 11.6 Å². The predicted octanol–water partition coefficient (Wildman–Crippen LogP) is 0.972. The number of hydrogen-bond acceptors (Lipinski definition) is 3. The van der Waals surface area contributed by atoms with Crippen LogP contribution in [-0.2, 0) is 7.05 Å². The van der Waals surface area contributed by atoms with Gasteiger partial charge in [0.1, 0.15) is 12.2 Å². The minimum absolute atomic E-state index is 0.473. The van der Waals surface area contributed by atoms with Crippen molar-refractivity contribution in [3.63, 3.8) is 0 Å². The molecular weight excluding hydrogens is 164 g/mol. The van der Waals surface area contributed by atoms with Gasteiger partial charge in [-0.1, -0.05) is 6.42 Å². The Hall–Kier alpha value is -0.900. The lowest BCUT2D eigenvalue weighted by molar-refractivity contribution is 0.176. The van der Waals surface area contributed by atoms with Crippen molar-refractivity contribution in [1.82, 2.24) is 19.7 Å². The van der Waals surface area contributed by atoms with E-state index in [4.69, 9.17) is 0 Å². The van der Waals surface area contributed by atoms with Gasteiger partial charge in [0.25, 0.3) is 0 Å². The lowest BCUT2D eigenvalue weighted by atomic mass is 10.0. The summed E-state index contributed by atoms with van der Waals surface area (Å²) in [6.07, 6.45) is 5.60. The van der Waals surface area contributed by atoms with Gasteiger partial charge in [-0.05, 0) is 26.4 Å². The van der Waals surface area contributed by atoms with Gasteiger partial charge in [0.15, 0.2) is 0 Å². The summed E-state index contributed by atoms with van der Waals surface area (Å²) in [7, 11) is 4.18. The minimum Gasteiger partial charge on any atom is -0.319 e. The SMILES string of the molecule is CN1CCCCC1c1nncn1C. The highest BCUT2D eigenvalue weighted by Crippen LogP contribution is 2.27. The maximum absolute atomic E-state index is 4.16. The van der Waals surface area contributed by atoms with Crippen molar-refractivity contribution in [3.05, 3.63) is 12.2 Å². The van der Waals surface area contributed by atoms with E-state index >= 15 is 0 Å². The van der Waals surface area contributed by atoms with E-state index in [9.17, 15) is 0 Å². The molecule has 0 N–H and O–H groups in total. The average molecular weight is 180 g/mol. The Morgan fingerprint density at radius 1 is 1.38 bits per heavy atom. The third-order valence-corrected chi connectivity index (χ3v) is 2.81. The van der Waals surface area contributed by atoms with E-state index in [-0.39, 0.29) is 0 Å². The molecule has 1 aromatic rings. The predicted molar refractivity (Wildman–Crippen MR) is 50.2 cm³/mol. The van der Waals surface area contributed by atoms with Crippen LogP contribution in [0.15, 0.2) is 6.33 Å². The van der Waals surface area contributed by atoms with Crippen molar-refractivity contribution in [3.8, 4) is 0 Å². The van der Waals surface area contributed by atoms with E-state index in [1.54, 1.807) is 6.33 Å². The Kier molecular flexibility index (Phi) is 2.31. The lowest BCUT2D eigenvalue weighted by Gasteiger charge is -2.31. The van der Waals surface area contributed by atoms with E-state index in [2.05, 4.69) is 22.1 Å². The second-order valence-corrected chi connectivity index (χ2v) is 3.79. The Bertz CT molecular complexity index is 281. The van der Waals surface area contributed by atoms with Crippen LogP contribution in [0.4, 0.5) is 0 Å². The second kappa shape index (κ2) is 3.46. The molecule has 1 atom stereocenters. The molecule has 1 unspecified atom stereocenters. The molecule has 1 fully saturated rings. The van der Waals surface area contributed by atoms with Gasteiger partial charge in [-0.2, -0.15) is 0 Å². The number of aryl methyl sites for hydroxylation is 1.